The van der Waals surface area contributed by atoms with Crippen LogP contribution in [0.1, 0.15) is 50.7 Å². The van der Waals surface area contributed by atoms with Crippen LogP contribution in [0, 0.1) is 16.7 Å². The van der Waals surface area contributed by atoms with Crippen molar-refractivity contribution in [3.05, 3.63) is 33.8 Å². The number of nitrogens with zero attached hydrogens (tertiary/aromatic N) is 1. The molecule has 0 aliphatic heterocycles. The van der Waals surface area contributed by atoms with Crippen molar-refractivity contribution in [2.75, 3.05) is 12.5 Å². The van der Waals surface area contributed by atoms with Crippen LogP contribution in [0.3, 0.4) is 0 Å². The molecule has 22 heavy (non-hydrogen) atoms. The van der Waals surface area contributed by atoms with Gasteiger partial charge in [-0.3, -0.25) is 5.41 Å². The zero-order valence-electron chi connectivity index (χ0n) is 13.2. The van der Waals surface area contributed by atoms with Crippen molar-refractivity contribution < 1.29 is 4.74 Å². The summed E-state index contributed by atoms with van der Waals surface area (Å²) in [6.45, 7) is 6.12. The zero-order chi connectivity index (χ0) is 16.8. The SMILES string of the molecule is CCOC(=N)C(CCCCl)c1cc(C(C)(C)C#N)ccc1Br. The van der Waals surface area contributed by atoms with Gasteiger partial charge in [0, 0.05) is 10.4 Å². The first-order chi connectivity index (χ1) is 10.4. The van der Waals surface area contributed by atoms with Crippen LogP contribution in [-0.2, 0) is 10.2 Å². The Kier molecular flexibility index (Phi) is 7.38. The second-order valence-electron chi connectivity index (χ2n) is 5.65. The number of ether oxygens (including phenoxy) is 1. The summed E-state index contributed by atoms with van der Waals surface area (Å²) in [7, 11) is 0. The largest absolute Gasteiger partial charge is 0.481 e. The maximum absolute atomic E-state index is 9.34. The first kappa shape index (κ1) is 19.0. The molecular weight excluding hydrogens is 364 g/mol. The lowest BCUT2D eigenvalue weighted by molar-refractivity contribution is 0.305. The van der Waals surface area contributed by atoms with Gasteiger partial charge in [0.05, 0.1) is 24.0 Å². The summed E-state index contributed by atoms with van der Waals surface area (Å²) in [5.41, 5.74) is 1.35. The molecule has 0 bridgehead atoms. The van der Waals surface area contributed by atoms with Crippen molar-refractivity contribution in [3.8, 4) is 6.07 Å². The van der Waals surface area contributed by atoms with E-state index in [1.54, 1.807) is 0 Å². The molecule has 3 nitrogen and oxygen atoms in total. The number of alkyl halides is 1. The van der Waals surface area contributed by atoms with Gasteiger partial charge in [-0.05, 0) is 50.8 Å². The summed E-state index contributed by atoms with van der Waals surface area (Å²) in [5, 5.41) is 17.5. The van der Waals surface area contributed by atoms with E-state index in [4.69, 9.17) is 21.7 Å². The van der Waals surface area contributed by atoms with Crippen LogP contribution < -0.4 is 0 Å². The third-order valence-electron chi connectivity index (χ3n) is 3.62. The van der Waals surface area contributed by atoms with Crippen molar-refractivity contribution >= 4 is 33.4 Å². The molecule has 1 atom stereocenters. The summed E-state index contributed by atoms with van der Waals surface area (Å²) in [6, 6.07) is 8.20. The van der Waals surface area contributed by atoms with E-state index in [1.807, 2.05) is 39.0 Å². The molecule has 5 heteroatoms. The van der Waals surface area contributed by atoms with Gasteiger partial charge in [0.1, 0.15) is 0 Å². The van der Waals surface area contributed by atoms with Crippen LogP contribution in [0.2, 0.25) is 0 Å². The molecule has 0 aromatic heterocycles. The molecule has 1 aromatic carbocycles. The Morgan fingerprint density at radius 2 is 2.18 bits per heavy atom. The van der Waals surface area contributed by atoms with Crippen molar-refractivity contribution in [3.63, 3.8) is 0 Å². The van der Waals surface area contributed by atoms with E-state index in [0.29, 0.717) is 12.5 Å². The van der Waals surface area contributed by atoms with Gasteiger partial charge in [-0.25, -0.2) is 0 Å². The number of hydrogen-bond donors (Lipinski definition) is 1. The van der Waals surface area contributed by atoms with E-state index in [-0.39, 0.29) is 11.8 Å². The average Bonchev–Trinajstić information content (AvgIpc) is 2.49. The molecule has 0 aliphatic carbocycles. The summed E-state index contributed by atoms with van der Waals surface area (Å²) >= 11 is 9.38. The van der Waals surface area contributed by atoms with Crippen LogP contribution in [0.25, 0.3) is 0 Å². The Balaban J connectivity index is 3.26. The molecule has 1 N–H and O–H groups in total. The highest BCUT2D eigenvalue weighted by molar-refractivity contribution is 9.10. The number of benzene rings is 1. The number of hydrogen-bond acceptors (Lipinski definition) is 3. The van der Waals surface area contributed by atoms with E-state index >= 15 is 0 Å². The predicted molar refractivity (Wildman–Crippen MR) is 94.8 cm³/mol. The molecule has 0 spiro atoms. The fourth-order valence-corrected chi connectivity index (χ4v) is 2.91. The van der Waals surface area contributed by atoms with E-state index < -0.39 is 5.41 Å². The normalized spacial score (nSPS) is 12.5. The highest BCUT2D eigenvalue weighted by Crippen LogP contribution is 2.34. The van der Waals surface area contributed by atoms with Crippen LogP contribution >= 0.6 is 27.5 Å². The van der Waals surface area contributed by atoms with E-state index in [0.717, 1.165) is 28.4 Å². The Hall–Kier alpha value is -1.05. The molecule has 1 unspecified atom stereocenters. The lowest BCUT2D eigenvalue weighted by Crippen LogP contribution is -2.19. The number of rotatable bonds is 7. The van der Waals surface area contributed by atoms with Crippen LogP contribution in [0.4, 0.5) is 0 Å². The molecule has 1 aromatic rings. The molecule has 0 radical (unpaired) electrons. The molecular formula is C17H22BrClN2O. The van der Waals surface area contributed by atoms with Crippen molar-refractivity contribution in [1.29, 1.82) is 10.7 Å². The topological polar surface area (TPSA) is 56.9 Å². The second-order valence-corrected chi connectivity index (χ2v) is 6.89. The zero-order valence-corrected chi connectivity index (χ0v) is 15.6. The van der Waals surface area contributed by atoms with Gasteiger partial charge in [0.2, 0.25) is 0 Å². The molecule has 0 saturated carbocycles. The van der Waals surface area contributed by atoms with E-state index in [9.17, 15) is 5.26 Å². The number of nitriles is 1. The minimum Gasteiger partial charge on any atom is -0.481 e. The Labute approximate surface area is 146 Å². The maximum Gasteiger partial charge on any atom is 0.188 e. The molecule has 1 rings (SSSR count). The Morgan fingerprint density at radius 3 is 2.73 bits per heavy atom. The van der Waals surface area contributed by atoms with Gasteiger partial charge in [0.15, 0.2) is 5.90 Å². The summed E-state index contributed by atoms with van der Waals surface area (Å²) in [5.74, 6) is 0.652. The molecule has 0 fully saturated rings. The highest BCUT2D eigenvalue weighted by Gasteiger charge is 2.25. The minimum atomic E-state index is -0.569. The first-order valence-corrected chi connectivity index (χ1v) is 8.68. The Bertz CT molecular complexity index is 566. The van der Waals surface area contributed by atoms with Gasteiger partial charge in [-0.15, -0.1) is 11.6 Å². The lowest BCUT2D eigenvalue weighted by Gasteiger charge is -2.23. The first-order valence-electron chi connectivity index (χ1n) is 7.35. The minimum absolute atomic E-state index is 0.150. The summed E-state index contributed by atoms with van der Waals surface area (Å²) in [6.07, 6.45) is 1.55. The highest BCUT2D eigenvalue weighted by atomic mass is 79.9. The average molecular weight is 386 g/mol. The molecule has 0 heterocycles. The van der Waals surface area contributed by atoms with Crippen molar-refractivity contribution in [2.24, 2.45) is 0 Å². The maximum atomic E-state index is 9.34. The number of halogens is 2. The quantitative estimate of drug-likeness (QED) is 0.390. The third kappa shape index (κ3) is 4.72. The summed E-state index contributed by atoms with van der Waals surface area (Å²) < 4.78 is 6.34. The summed E-state index contributed by atoms with van der Waals surface area (Å²) in [4.78, 5) is 0. The van der Waals surface area contributed by atoms with Crippen molar-refractivity contribution in [1.82, 2.24) is 0 Å². The molecule has 0 saturated heterocycles. The van der Waals surface area contributed by atoms with Crippen LogP contribution in [-0.4, -0.2) is 18.4 Å². The van der Waals surface area contributed by atoms with Crippen molar-refractivity contribution in [2.45, 2.75) is 44.9 Å². The van der Waals surface area contributed by atoms with E-state index in [1.165, 1.54) is 0 Å². The molecule has 120 valence electrons. The lowest BCUT2D eigenvalue weighted by atomic mass is 9.83. The van der Waals surface area contributed by atoms with Gasteiger partial charge >= 0.3 is 0 Å². The van der Waals surface area contributed by atoms with Crippen LogP contribution in [0.5, 0.6) is 0 Å². The third-order valence-corrected chi connectivity index (χ3v) is 4.60. The second kappa shape index (κ2) is 8.55. The van der Waals surface area contributed by atoms with E-state index in [2.05, 4.69) is 22.0 Å². The van der Waals surface area contributed by atoms with Gasteiger partial charge in [0.25, 0.3) is 0 Å². The smallest absolute Gasteiger partial charge is 0.188 e. The Morgan fingerprint density at radius 1 is 1.50 bits per heavy atom. The van der Waals surface area contributed by atoms with Gasteiger partial charge in [-0.2, -0.15) is 5.26 Å². The predicted octanol–water partition coefficient (Wildman–Crippen LogP) is 5.37. The fraction of sp³-hybridized carbons (Fsp3) is 0.529. The molecule has 0 amide bonds. The monoisotopic (exact) mass is 384 g/mol. The van der Waals surface area contributed by atoms with Gasteiger partial charge < -0.3 is 4.74 Å². The molecule has 0 aliphatic rings. The van der Waals surface area contributed by atoms with Gasteiger partial charge in [-0.1, -0.05) is 28.1 Å². The van der Waals surface area contributed by atoms with Crippen LogP contribution in [0.15, 0.2) is 22.7 Å². The fourth-order valence-electron chi connectivity index (χ4n) is 2.23. The number of nitrogens with one attached hydrogen (secondary N) is 1. The standard InChI is InChI=1S/C17H22BrClN2O/c1-4-22-16(21)13(6-5-9-19)14-10-12(7-8-15(14)18)17(2,3)11-20/h7-8,10,13,21H,4-6,9H2,1-3H3.